The fourth-order valence-corrected chi connectivity index (χ4v) is 3.41. The van der Waals surface area contributed by atoms with Crippen LogP contribution in [0.3, 0.4) is 0 Å². The maximum absolute atomic E-state index is 6.37. The van der Waals surface area contributed by atoms with Gasteiger partial charge in [-0.1, -0.05) is 48.5 Å². The van der Waals surface area contributed by atoms with Crippen LogP contribution < -0.4 is 5.32 Å². The molecule has 1 saturated carbocycles. The lowest BCUT2D eigenvalue weighted by Gasteiger charge is -2.25. The van der Waals surface area contributed by atoms with Crippen LogP contribution in [0.2, 0.25) is 10.0 Å². The monoisotopic (exact) mass is 323 g/mol. The van der Waals surface area contributed by atoms with Crippen molar-refractivity contribution in [3.63, 3.8) is 0 Å². The summed E-state index contributed by atoms with van der Waals surface area (Å²) in [7, 11) is 0. The number of aryl methyl sites for hydroxylation is 1. The van der Waals surface area contributed by atoms with Crippen molar-refractivity contribution in [2.45, 2.75) is 45.1 Å². The number of hydrogen-bond acceptors (Lipinski definition) is 2. The Labute approximate surface area is 135 Å². The van der Waals surface area contributed by atoms with Crippen LogP contribution in [-0.2, 0) is 0 Å². The molecule has 0 atom stereocenters. The summed E-state index contributed by atoms with van der Waals surface area (Å²) in [6.07, 6.45) is 10.2. The maximum Gasteiger partial charge on any atom is 0.207 e. The highest BCUT2D eigenvalue weighted by Gasteiger charge is 2.19. The first kappa shape index (κ1) is 14.7. The number of halogens is 2. The van der Waals surface area contributed by atoms with Crippen molar-refractivity contribution >= 4 is 34.8 Å². The third-order valence-electron chi connectivity index (χ3n) is 4.16. The van der Waals surface area contributed by atoms with Crippen LogP contribution in [0.4, 0.5) is 11.6 Å². The summed E-state index contributed by atoms with van der Waals surface area (Å²) < 4.78 is 2.22. The minimum Gasteiger partial charge on any atom is -0.323 e. The minimum atomic E-state index is 0.520. The molecule has 0 aliphatic heterocycles. The molecule has 1 aliphatic carbocycles. The lowest BCUT2D eigenvalue weighted by atomic mass is 9.95. The molecule has 1 aromatic heterocycles. The van der Waals surface area contributed by atoms with Crippen molar-refractivity contribution < 1.29 is 0 Å². The number of aromatic nitrogens is 2. The van der Waals surface area contributed by atoms with E-state index in [0.717, 1.165) is 17.2 Å². The maximum atomic E-state index is 6.37. The van der Waals surface area contributed by atoms with Gasteiger partial charge in [0.15, 0.2) is 0 Å². The molecule has 1 N–H and O–H groups in total. The minimum absolute atomic E-state index is 0.520. The van der Waals surface area contributed by atoms with Gasteiger partial charge in [0.1, 0.15) is 0 Å². The number of benzene rings is 1. The van der Waals surface area contributed by atoms with E-state index in [2.05, 4.69) is 14.9 Å². The molecular formula is C16H19Cl2N3. The van der Waals surface area contributed by atoms with Crippen LogP contribution in [-0.4, -0.2) is 9.55 Å². The van der Waals surface area contributed by atoms with Gasteiger partial charge in [0.05, 0.1) is 15.7 Å². The number of anilines is 2. The van der Waals surface area contributed by atoms with Crippen molar-refractivity contribution in [1.82, 2.24) is 9.55 Å². The van der Waals surface area contributed by atoms with Crippen LogP contribution in [0, 0.1) is 6.92 Å². The standard InChI is InChI=1S/C16H19Cl2N3/c1-11-7-8-13(17)15(14(11)18)20-16-19-9-10-21(16)12-5-3-2-4-6-12/h7-10,12H,2-6H2,1H3,(H,19,20). The van der Waals surface area contributed by atoms with Gasteiger partial charge in [0.25, 0.3) is 0 Å². The van der Waals surface area contributed by atoms with Gasteiger partial charge in [0.2, 0.25) is 5.95 Å². The summed E-state index contributed by atoms with van der Waals surface area (Å²) in [6.45, 7) is 1.97. The zero-order chi connectivity index (χ0) is 14.8. The van der Waals surface area contributed by atoms with E-state index >= 15 is 0 Å². The molecule has 0 bridgehead atoms. The molecule has 0 amide bonds. The highest BCUT2D eigenvalue weighted by Crippen LogP contribution is 2.36. The van der Waals surface area contributed by atoms with E-state index in [4.69, 9.17) is 23.2 Å². The van der Waals surface area contributed by atoms with Gasteiger partial charge in [-0.15, -0.1) is 0 Å². The molecule has 3 rings (SSSR count). The predicted octanol–water partition coefficient (Wildman–Crippen LogP) is 5.75. The van der Waals surface area contributed by atoms with Gasteiger partial charge in [-0.25, -0.2) is 4.98 Å². The summed E-state index contributed by atoms with van der Waals surface area (Å²) in [5.41, 5.74) is 1.74. The lowest BCUT2D eigenvalue weighted by Crippen LogP contribution is -2.14. The van der Waals surface area contributed by atoms with Crippen LogP contribution in [0.5, 0.6) is 0 Å². The molecule has 3 nitrogen and oxygen atoms in total. The van der Waals surface area contributed by atoms with Crippen LogP contribution >= 0.6 is 23.2 Å². The van der Waals surface area contributed by atoms with Gasteiger partial charge in [-0.3, -0.25) is 0 Å². The van der Waals surface area contributed by atoms with Crippen molar-refractivity contribution in [1.29, 1.82) is 0 Å². The van der Waals surface area contributed by atoms with Crippen molar-refractivity contribution in [3.8, 4) is 0 Å². The third kappa shape index (κ3) is 3.04. The number of rotatable bonds is 3. The van der Waals surface area contributed by atoms with Crippen LogP contribution in [0.15, 0.2) is 24.5 Å². The quantitative estimate of drug-likeness (QED) is 0.779. The fraction of sp³-hybridized carbons (Fsp3) is 0.438. The molecule has 0 saturated heterocycles. The fourth-order valence-electron chi connectivity index (χ4n) is 2.95. The van der Waals surface area contributed by atoms with E-state index in [1.807, 2.05) is 31.5 Å². The Morgan fingerprint density at radius 3 is 2.71 bits per heavy atom. The normalized spacial score (nSPS) is 16.1. The Bertz CT molecular complexity index is 630. The van der Waals surface area contributed by atoms with E-state index in [1.54, 1.807) is 0 Å². The van der Waals surface area contributed by atoms with Crippen LogP contribution in [0.25, 0.3) is 0 Å². The Morgan fingerprint density at radius 1 is 1.19 bits per heavy atom. The molecule has 0 radical (unpaired) electrons. The highest BCUT2D eigenvalue weighted by molar-refractivity contribution is 6.39. The number of imidazole rings is 1. The van der Waals surface area contributed by atoms with E-state index in [1.165, 1.54) is 32.1 Å². The van der Waals surface area contributed by atoms with E-state index in [0.29, 0.717) is 16.1 Å². The van der Waals surface area contributed by atoms with E-state index < -0.39 is 0 Å². The molecule has 1 heterocycles. The summed E-state index contributed by atoms with van der Waals surface area (Å²) >= 11 is 12.6. The first-order chi connectivity index (χ1) is 10.2. The number of nitrogens with one attached hydrogen (secondary N) is 1. The second kappa shape index (κ2) is 6.29. The molecule has 21 heavy (non-hydrogen) atoms. The van der Waals surface area contributed by atoms with Gasteiger partial charge < -0.3 is 9.88 Å². The van der Waals surface area contributed by atoms with Gasteiger partial charge in [-0.2, -0.15) is 0 Å². The van der Waals surface area contributed by atoms with Gasteiger partial charge in [-0.05, 0) is 31.4 Å². The molecule has 5 heteroatoms. The number of hydrogen-bond donors (Lipinski definition) is 1. The van der Waals surface area contributed by atoms with Crippen LogP contribution in [0.1, 0.15) is 43.7 Å². The molecule has 0 spiro atoms. The molecule has 1 aliphatic rings. The van der Waals surface area contributed by atoms with Crippen molar-refractivity contribution in [2.24, 2.45) is 0 Å². The topological polar surface area (TPSA) is 29.9 Å². The first-order valence-corrected chi connectivity index (χ1v) is 8.17. The highest BCUT2D eigenvalue weighted by atomic mass is 35.5. The van der Waals surface area contributed by atoms with E-state index in [-0.39, 0.29) is 0 Å². The van der Waals surface area contributed by atoms with Gasteiger partial charge >= 0.3 is 0 Å². The molecule has 1 aromatic carbocycles. The molecule has 1 fully saturated rings. The Kier molecular flexibility index (Phi) is 4.41. The lowest BCUT2D eigenvalue weighted by molar-refractivity contribution is 0.356. The third-order valence-corrected chi connectivity index (χ3v) is 4.96. The van der Waals surface area contributed by atoms with Gasteiger partial charge in [0, 0.05) is 18.4 Å². The van der Waals surface area contributed by atoms with E-state index in [9.17, 15) is 0 Å². The smallest absolute Gasteiger partial charge is 0.207 e. The summed E-state index contributed by atoms with van der Waals surface area (Å²) in [5, 5.41) is 4.58. The first-order valence-electron chi connectivity index (χ1n) is 7.41. The van der Waals surface area contributed by atoms with Crippen molar-refractivity contribution in [2.75, 3.05) is 5.32 Å². The second-order valence-corrected chi connectivity index (χ2v) is 6.41. The summed E-state index contributed by atoms with van der Waals surface area (Å²) in [4.78, 5) is 4.43. The average Bonchev–Trinajstić information content (AvgIpc) is 2.97. The summed E-state index contributed by atoms with van der Waals surface area (Å²) in [5.74, 6) is 0.816. The largest absolute Gasteiger partial charge is 0.323 e. The predicted molar refractivity (Wildman–Crippen MR) is 88.8 cm³/mol. The molecule has 112 valence electrons. The average molecular weight is 324 g/mol. The Morgan fingerprint density at radius 2 is 1.95 bits per heavy atom. The molecular weight excluding hydrogens is 305 g/mol. The molecule has 2 aromatic rings. The second-order valence-electron chi connectivity index (χ2n) is 5.63. The SMILES string of the molecule is Cc1ccc(Cl)c(Nc2nccn2C2CCCCC2)c1Cl. The number of nitrogens with zero attached hydrogens (tertiary/aromatic N) is 2. The van der Waals surface area contributed by atoms with Crippen molar-refractivity contribution in [3.05, 3.63) is 40.1 Å². The summed E-state index contributed by atoms with van der Waals surface area (Å²) in [6, 6.07) is 4.30. The zero-order valence-corrected chi connectivity index (χ0v) is 13.6. The zero-order valence-electron chi connectivity index (χ0n) is 12.1. The Hall–Kier alpha value is -1.19. The molecule has 0 unspecified atom stereocenters. The Balaban J connectivity index is 1.89.